The summed E-state index contributed by atoms with van der Waals surface area (Å²) in [5.41, 5.74) is 0. The number of hydrogen-bond acceptors (Lipinski definition) is 5. The molecule has 18 heavy (non-hydrogen) atoms. The fourth-order valence-corrected chi connectivity index (χ4v) is 2.58. The zero-order valence-corrected chi connectivity index (χ0v) is 11.8. The molecule has 0 saturated heterocycles. The van der Waals surface area contributed by atoms with Crippen molar-refractivity contribution in [2.75, 3.05) is 23.9 Å². The van der Waals surface area contributed by atoms with Crippen LogP contribution in [0, 0.1) is 0 Å². The van der Waals surface area contributed by atoms with Crippen LogP contribution in [0.25, 0.3) is 0 Å². The van der Waals surface area contributed by atoms with E-state index in [4.69, 9.17) is 0 Å². The van der Waals surface area contributed by atoms with Crippen molar-refractivity contribution < 1.29 is 0 Å². The van der Waals surface area contributed by atoms with E-state index < -0.39 is 0 Å². The summed E-state index contributed by atoms with van der Waals surface area (Å²) in [7, 11) is 0. The highest BCUT2D eigenvalue weighted by molar-refractivity contribution is 7.99. The molecule has 1 N–H and O–H groups in total. The molecule has 0 aliphatic carbocycles. The zero-order valence-electron chi connectivity index (χ0n) is 10.2. The fourth-order valence-electron chi connectivity index (χ4n) is 1.41. The van der Waals surface area contributed by atoms with Crippen molar-refractivity contribution in [3.8, 4) is 0 Å². The molecule has 0 spiro atoms. The second-order valence-electron chi connectivity index (χ2n) is 3.53. The first kappa shape index (κ1) is 13.2. The zero-order chi connectivity index (χ0) is 12.6. The Hall–Kier alpha value is -1.20. The van der Waals surface area contributed by atoms with Gasteiger partial charge >= 0.3 is 0 Å². The first-order valence-corrected chi connectivity index (χ1v) is 7.87. The van der Waals surface area contributed by atoms with Crippen LogP contribution < -0.4 is 5.32 Å². The molecule has 2 rings (SSSR count). The summed E-state index contributed by atoms with van der Waals surface area (Å²) in [4.78, 5) is 9.63. The first-order valence-electron chi connectivity index (χ1n) is 5.66. The molecule has 0 radical (unpaired) electrons. The Bertz CT molecular complexity index is 477. The van der Waals surface area contributed by atoms with Gasteiger partial charge in [-0.25, -0.2) is 9.97 Å². The molecule has 0 atom stereocenters. The van der Waals surface area contributed by atoms with E-state index in [1.165, 1.54) is 4.90 Å². The number of hydrogen-bond donors (Lipinski definition) is 1. The second-order valence-corrected chi connectivity index (χ2v) is 5.53. The topological polar surface area (TPSA) is 37.8 Å². The van der Waals surface area contributed by atoms with E-state index in [2.05, 4.69) is 39.6 Å². The SMILES string of the molecule is CSc1cc(NCCSc2ccccc2)ncn1. The van der Waals surface area contributed by atoms with Crippen LogP contribution in [0.3, 0.4) is 0 Å². The molecule has 5 heteroatoms. The molecule has 3 nitrogen and oxygen atoms in total. The van der Waals surface area contributed by atoms with Gasteiger partial charge in [0.05, 0.1) is 0 Å². The van der Waals surface area contributed by atoms with Gasteiger partial charge < -0.3 is 5.32 Å². The third-order valence-electron chi connectivity index (χ3n) is 2.27. The third-order valence-corrected chi connectivity index (χ3v) is 3.93. The van der Waals surface area contributed by atoms with E-state index in [0.29, 0.717) is 0 Å². The molecule has 0 aliphatic rings. The maximum atomic E-state index is 4.19. The molecule has 2 aromatic rings. The highest BCUT2D eigenvalue weighted by Gasteiger charge is 1.97. The average molecular weight is 277 g/mol. The molecular weight excluding hydrogens is 262 g/mol. The van der Waals surface area contributed by atoms with Gasteiger partial charge in [-0.3, -0.25) is 0 Å². The predicted molar refractivity (Wildman–Crippen MR) is 79.5 cm³/mol. The third kappa shape index (κ3) is 4.23. The van der Waals surface area contributed by atoms with Gasteiger partial charge in [-0.15, -0.1) is 23.5 Å². The van der Waals surface area contributed by atoms with E-state index in [1.807, 2.05) is 30.2 Å². The monoisotopic (exact) mass is 277 g/mol. The van der Waals surface area contributed by atoms with Crippen LogP contribution in [-0.2, 0) is 0 Å². The smallest absolute Gasteiger partial charge is 0.130 e. The van der Waals surface area contributed by atoms with E-state index in [1.54, 1.807) is 18.1 Å². The maximum absolute atomic E-state index is 4.19. The molecule has 0 fully saturated rings. The molecule has 0 bridgehead atoms. The number of aromatic nitrogens is 2. The standard InChI is InChI=1S/C13H15N3S2/c1-17-13-9-12(15-10-16-13)14-7-8-18-11-5-3-2-4-6-11/h2-6,9-10H,7-8H2,1H3,(H,14,15,16). The normalized spacial score (nSPS) is 10.3. The van der Waals surface area contributed by atoms with Gasteiger partial charge in [0.25, 0.3) is 0 Å². The first-order chi connectivity index (χ1) is 8.88. The minimum Gasteiger partial charge on any atom is -0.369 e. The molecule has 0 amide bonds. The lowest BCUT2D eigenvalue weighted by molar-refractivity contribution is 1.03. The van der Waals surface area contributed by atoms with Crippen molar-refractivity contribution in [3.63, 3.8) is 0 Å². The van der Waals surface area contributed by atoms with E-state index >= 15 is 0 Å². The molecule has 1 aromatic heterocycles. The van der Waals surface area contributed by atoms with Gasteiger partial charge in [-0.1, -0.05) is 18.2 Å². The Morgan fingerprint density at radius 2 is 2.00 bits per heavy atom. The van der Waals surface area contributed by atoms with Crippen molar-refractivity contribution >= 4 is 29.3 Å². The summed E-state index contributed by atoms with van der Waals surface area (Å²) in [5, 5.41) is 4.29. The Kier molecular flexibility index (Phi) is 5.36. The van der Waals surface area contributed by atoms with Crippen LogP contribution in [0.2, 0.25) is 0 Å². The van der Waals surface area contributed by atoms with Crippen molar-refractivity contribution in [1.29, 1.82) is 0 Å². The van der Waals surface area contributed by atoms with Gasteiger partial charge in [0.15, 0.2) is 0 Å². The minimum absolute atomic E-state index is 0.892. The summed E-state index contributed by atoms with van der Waals surface area (Å²) >= 11 is 3.46. The van der Waals surface area contributed by atoms with Crippen molar-refractivity contribution in [2.45, 2.75) is 9.92 Å². The van der Waals surface area contributed by atoms with Crippen molar-refractivity contribution in [2.24, 2.45) is 0 Å². The highest BCUT2D eigenvalue weighted by atomic mass is 32.2. The molecule has 0 saturated carbocycles. The number of nitrogens with one attached hydrogen (secondary N) is 1. The predicted octanol–water partition coefficient (Wildman–Crippen LogP) is 3.40. The summed E-state index contributed by atoms with van der Waals surface area (Å²) in [6.07, 6.45) is 3.61. The summed E-state index contributed by atoms with van der Waals surface area (Å²) in [6.45, 7) is 0.893. The Balaban J connectivity index is 1.75. The summed E-state index contributed by atoms with van der Waals surface area (Å²) in [6, 6.07) is 12.4. The van der Waals surface area contributed by atoms with E-state index in [0.717, 1.165) is 23.1 Å². The lowest BCUT2D eigenvalue weighted by Crippen LogP contribution is -2.05. The average Bonchev–Trinajstić information content (AvgIpc) is 2.45. The van der Waals surface area contributed by atoms with E-state index in [-0.39, 0.29) is 0 Å². The number of anilines is 1. The van der Waals surface area contributed by atoms with Gasteiger partial charge in [-0.05, 0) is 18.4 Å². The van der Waals surface area contributed by atoms with Gasteiger partial charge in [0.2, 0.25) is 0 Å². The molecule has 0 unspecified atom stereocenters. The van der Waals surface area contributed by atoms with Crippen LogP contribution in [0.1, 0.15) is 0 Å². The second kappa shape index (κ2) is 7.28. The van der Waals surface area contributed by atoms with Gasteiger partial charge in [0.1, 0.15) is 17.2 Å². The number of thioether (sulfide) groups is 2. The summed E-state index contributed by atoms with van der Waals surface area (Å²) < 4.78 is 0. The number of rotatable bonds is 6. The van der Waals surface area contributed by atoms with Gasteiger partial charge in [-0.2, -0.15) is 0 Å². The fraction of sp³-hybridized carbons (Fsp3) is 0.231. The van der Waals surface area contributed by atoms with Crippen molar-refractivity contribution in [1.82, 2.24) is 9.97 Å². The van der Waals surface area contributed by atoms with Crippen LogP contribution in [0.5, 0.6) is 0 Å². The van der Waals surface area contributed by atoms with Crippen LogP contribution in [0.15, 0.2) is 52.6 Å². The number of benzene rings is 1. The minimum atomic E-state index is 0.892. The number of nitrogens with zero attached hydrogens (tertiary/aromatic N) is 2. The van der Waals surface area contributed by atoms with Crippen LogP contribution in [-0.4, -0.2) is 28.5 Å². The van der Waals surface area contributed by atoms with Crippen LogP contribution >= 0.6 is 23.5 Å². The summed E-state index contributed by atoms with van der Waals surface area (Å²) in [5.74, 6) is 1.91. The molecule has 1 aromatic carbocycles. The Morgan fingerprint density at radius 1 is 1.17 bits per heavy atom. The molecule has 0 aliphatic heterocycles. The Morgan fingerprint density at radius 3 is 2.78 bits per heavy atom. The van der Waals surface area contributed by atoms with Crippen molar-refractivity contribution in [3.05, 3.63) is 42.7 Å². The largest absolute Gasteiger partial charge is 0.369 e. The quantitative estimate of drug-likeness (QED) is 0.497. The van der Waals surface area contributed by atoms with Crippen LogP contribution in [0.4, 0.5) is 5.82 Å². The molecule has 94 valence electrons. The Labute approximate surface area is 116 Å². The van der Waals surface area contributed by atoms with Gasteiger partial charge in [0, 0.05) is 23.3 Å². The van der Waals surface area contributed by atoms with E-state index in [9.17, 15) is 0 Å². The maximum Gasteiger partial charge on any atom is 0.130 e. The molecule has 1 heterocycles. The lowest BCUT2D eigenvalue weighted by Gasteiger charge is -2.05. The highest BCUT2D eigenvalue weighted by Crippen LogP contribution is 2.17. The molecular formula is C13H15N3S2. The lowest BCUT2D eigenvalue weighted by atomic mass is 10.4.